The largest absolute Gasteiger partial charge is 0.292 e. The molecule has 4 nitrogen and oxygen atoms in total. The predicted molar refractivity (Wildman–Crippen MR) is 107 cm³/mol. The van der Waals surface area contributed by atoms with Crippen molar-refractivity contribution in [2.75, 3.05) is 12.5 Å². The number of rotatable bonds is 3. The number of thioether (sulfide) groups is 1. The van der Waals surface area contributed by atoms with Crippen molar-refractivity contribution in [3.8, 4) is 6.07 Å². The Hall–Kier alpha value is -2.62. The fourth-order valence-corrected chi connectivity index (χ4v) is 4.99. The maximum atomic E-state index is 13.3. The van der Waals surface area contributed by atoms with Gasteiger partial charge < -0.3 is 0 Å². The van der Waals surface area contributed by atoms with Gasteiger partial charge >= 0.3 is 0 Å². The molecule has 0 N–H and O–H groups in total. The minimum atomic E-state index is -0.323. The van der Waals surface area contributed by atoms with Crippen LogP contribution in [0.5, 0.6) is 0 Å². The van der Waals surface area contributed by atoms with Gasteiger partial charge in [0.15, 0.2) is 0 Å². The Kier molecular flexibility index (Phi) is 5.21. The summed E-state index contributed by atoms with van der Waals surface area (Å²) >= 11 is 1.53. The second-order valence-corrected chi connectivity index (χ2v) is 7.98. The molecule has 0 aliphatic carbocycles. The summed E-state index contributed by atoms with van der Waals surface area (Å²) in [6.45, 7) is 2.60. The molecule has 0 bridgehead atoms. The van der Waals surface area contributed by atoms with Gasteiger partial charge in [0.05, 0.1) is 29.2 Å². The third kappa shape index (κ3) is 3.44. The number of carbonyl (C=O) groups is 1. The monoisotopic (exact) mass is 393 g/mol. The number of nitrogens with zero attached hydrogens (tertiary/aromatic N) is 3. The fourth-order valence-electron chi connectivity index (χ4n) is 3.74. The van der Waals surface area contributed by atoms with Gasteiger partial charge in [0.2, 0.25) is 5.91 Å². The number of amides is 1. The summed E-state index contributed by atoms with van der Waals surface area (Å²) in [6.07, 6.45) is 0.228. The van der Waals surface area contributed by atoms with E-state index in [9.17, 15) is 14.4 Å². The van der Waals surface area contributed by atoms with E-state index in [0.29, 0.717) is 18.1 Å². The zero-order chi connectivity index (χ0) is 19.7. The number of carbonyl (C=O) groups excluding carboxylic acids is 1. The Morgan fingerprint density at radius 3 is 2.57 bits per heavy atom. The van der Waals surface area contributed by atoms with E-state index in [1.54, 1.807) is 17.0 Å². The maximum absolute atomic E-state index is 13.3. The summed E-state index contributed by atoms with van der Waals surface area (Å²) < 4.78 is 13.3. The van der Waals surface area contributed by atoms with E-state index in [1.165, 1.54) is 29.5 Å². The smallest absolute Gasteiger partial charge is 0.229 e. The van der Waals surface area contributed by atoms with Gasteiger partial charge in [0.25, 0.3) is 0 Å². The standard InChI is InChI=1S/C22H20FN3OS/c1-15(16-5-3-2-4-6-16)25-13-26-21(27)11-19(17-7-9-18(23)10-8-17)20(12-24)22(26)28-14-25/h2-10,15,19H,11,13-14H2,1H3/t15-,19+/m1/s1. The van der Waals surface area contributed by atoms with E-state index < -0.39 is 0 Å². The lowest BCUT2D eigenvalue weighted by Crippen LogP contribution is -2.47. The lowest BCUT2D eigenvalue weighted by molar-refractivity contribution is -0.132. The lowest BCUT2D eigenvalue weighted by atomic mass is 9.86. The summed E-state index contributed by atoms with van der Waals surface area (Å²) in [4.78, 5) is 16.9. The first-order valence-electron chi connectivity index (χ1n) is 9.20. The molecule has 2 aromatic carbocycles. The summed E-state index contributed by atoms with van der Waals surface area (Å²) in [5, 5.41) is 10.5. The van der Waals surface area contributed by atoms with Gasteiger partial charge in [-0.25, -0.2) is 4.39 Å². The van der Waals surface area contributed by atoms with Crippen LogP contribution in [0.2, 0.25) is 0 Å². The van der Waals surface area contributed by atoms with Gasteiger partial charge in [-0.05, 0) is 30.2 Å². The van der Waals surface area contributed by atoms with E-state index in [-0.39, 0.29) is 30.1 Å². The summed E-state index contributed by atoms with van der Waals surface area (Å²) in [5.74, 6) is 0.0724. The van der Waals surface area contributed by atoms with Crippen molar-refractivity contribution >= 4 is 17.7 Å². The van der Waals surface area contributed by atoms with E-state index >= 15 is 0 Å². The van der Waals surface area contributed by atoms with Gasteiger partial charge in [-0.15, -0.1) is 0 Å². The second kappa shape index (κ2) is 7.78. The van der Waals surface area contributed by atoms with Crippen LogP contribution >= 0.6 is 11.8 Å². The van der Waals surface area contributed by atoms with E-state index in [4.69, 9.17) is 0 Å². The van der Waals surface area contributed by atoms with Gasteiger partial charge in [0.1, 0.15) is 5.82 Å². The van der Waals surface area contributed by atoms with Crippen molar-refractivity contribution in [3.05, 3.63) is 82.1 Å². The number of nitriles is 1. The van der Waals surface area contributed by atoms with Crippen LogP contribution in [0.4, 0.5) is 4.39 Å². The molecule has 6 heteroatoms. The van der Waals surface area contributed by atoms with Crippen LogP contribution in [0.1, 0.15) is 36.4 Å². The molecule has 142 valence electrons. The van der Waals surface area contributed by atoms with Crippen molar-refractivity contribution in [3.63, 3.8) is 0 Å². The average Bonchev–Trinajstić information content (AvgIpc) is 2.74. The highest BCUT2D eigenvalue weighted by atomic mass is 32.2. The summed E-state index contributed by atoms with van der Waals surface area (Å²) in [6, 6.07) is 18.8. The molecule has 2 aliphatic heterocycles. The molecule has 1 fully saturated rings. The number of hydrogen-bond donors (Lipinski definition) is 0. The molecule has 0 radical (unpaired) electrons. The number of hydrogen-bond acceptors (Lipinski definition) is 4. The normalized spacial score (nSPS) is 21.2. The number of halogens is 1. The van der Waals surface area contributed by atoms with Crippen LogP contribution in [-0.2, 0) is 4.79 Å². The third-order valence-corrected chi connectivity index (χ3v) is 6.59. The molecule has 4 rings (SSSR count). The van der Waals surface area contributed by atoms with Crippen LogP contribution in [-0.4, -0.2) is 28.3 Å². The van der Waals surface area contributed by atoms with Gasteiger partial charge in [-0.1, -0.05) is 54.2 Å². The van der Waals surface area contributed by atoms with Gasteiger partial charge in [0, 0.05) is 18.4 Å². The van der Waals surface area contributed by atoms with Crippen LogP contribution < -0.4 is 0 Å². The van der Waals surface area contributed by atoms with Crippen LogP contribution in [0.25, 0.3) is 0 Å². The average molecular weight is 393 g/mol. The first-order chi connectivity index (χ1) is 13.6. The maximum Gasteiger partial charge on any atom is 0.229 e. The second-order valence-electron chi connectivity index (χ2n) is 7.05. The minimum Gasteiger partial charge on any atom is -0.292 e. The van der Waals surface area contributed by atoms with Gasteiger partial charge in [-0.2, -0.15) is 5.26 Å². The van der Waals surface area contributed by atoms with E-state index in [2.05, 4.69) is 30.0 Å². The molecule has 28 heavy (non-hydrogen) atoms. The molecule has 2 heterocycles. The number of allylic oxidation sites excluding steroid dienone is 1. The zero-order valence-corrected chi connectivity index (χ0v) is 16.3. The molecular weight excluding hydrogens is 373 g/mol. The first-order valence-corrected chi connectivity index (χ1v) is 10.2. The van der Waals surface area contributed by atoms with Crippen molar-refractivity contribution < 1.29 is 9.18 Å². The Bertz CT molecular complexity index is 952. The summed E-state index contributed by atoms with van der Waals surface area (Å²) in [5.41, 5.74) is 2.60. The molecule has 1 amide bonds. The molecule has 0 aromatic heterocycles. The minimum absolute atomic E-state index is 0.000728. The Balaban J connectivity index is 1.62. The number of benzene rings is 2. The van der Waals surface area contributed by atoms with Crippen LogP contribution in [0, 0.1) is 17.1 Å². The quantitative estimate of drug-likeness (QED) is 0.765. The molecular formula is C22H20FN3OS. The number of fused-ring (bicyclic) bond motifs is 1. The molecule has 1 saturated heterocycles. The zero-order valence-electron chi connectivity index (χ0n) is 15.5. The molecule has 0 unspecified atom stereocenters. The highest BCUT2D eigenvalue weighted by Gasteiger charge is 2.39. The molecule has 0 saturated carbocycles. The topological polar surface area (TPSA) is 47.3 Å². The Morgan fingerprint density at radius 1 is 1.18 bits per heavy atom. The first kappa shape index (κ1) is 18.7. The Labute approximate surface area is 168 Å². The highest BCUT2D eigenvalue weighted by Crippen LogP contribution is 2.43. The van der Waals surface area contributed by atoms with Crippen molar-refractivity contribution in [2.24, 2.45) is 0 Å². The molecule has 2 atom stereocenters. The van der Waals surface area contributed by atoms with Crippen molar-refractivity contribution in [1.29, 1.82) is 5.26 Å². The van der Waals surface area contributed by atoms with Crippen molar-refractivity contribution in [2.45, 2.75) is 25.3 Å². The van der Waals surface area contributed by atoms with Crippen LogP contribution in [0.15, 0.2) is 65.2 Å². The van der Waals surface area contributed by atoms with E-state index in [0.717, 1.165) is 10.6 Å². The molecule has 2 aromatic rings. The highest BCUT2D eigenvalue weighted by molar-refractivity contribution is 8.03. The summed E-state index contributed by atoms with van der Waals surface area (Å²) in [7, 11) is 0. The van der Waals surface area contributed by atoms with E-state index in [1.807, 2.05) is 18.2 Å². The lowest BCUT2D eigenvalue weighted by Gasteiger charge is -2.43. The third-order valence-electron chi connectivity index (χ3n) is 5.42. The Morgan fingerprint density at radius 2 is 1.89 bits per heavy atom. The fraction of sp³-hybridized carbons (Fsp3) is 0.273. The van der Waals surface area contributed by atoms with Crippen LogP contribution in [0.3, 0.4) is 0 Å². The van der Waals surface area contributed by atoms with Gasteiger partial charge in [-0.3, -0.25) is 14.6 Å². The predicted octanol–water partition coefficient (Wildman–Crippen LogP) is 4.60. The SMILES string of the molecule is C[C@H](c1ccccc1)N1CSC2=C(C#N)[C@H](c3ccc(F)cc3)CC(=O)N2C1. The molecule has 2 aliphatic rings. The molecule has 0 spiro atoms. The van der Waals surface area contributed by atoms with Crippen molar-refractivity contribution in [1.82, 2.24) is 9.80 Å².